The zero-order chi connectivity index (χ0) is 9.84. The molecule has 0 aliphatic heterocycles. The van der Waals surface area contributed by atoms with E-state index in [4.69, 9.17) is 16.3 Å². The largest absolute Gasteiger partial charge is 0.398 e. The Hall–Kier alpha value is -1.52. The Bertz CT molecular complexity index is 412. The number of rotatable bonds is 1. The molecular formula is C9H6BrN3. The van der Waals surface area contributed by atoms with Crippen LogP contribution in [0.2, 0.25) is 0 Å². The van der Waals surface area contributed by atoms with Crippen LogP contribution in [-0.2, 0) is 6.42 Å². The molecule has 4 heteroatoms. The lowest BCUT2D eigenvalue weighted by Crippen LogP contribution is -1.94. The summed E-state index contributed by atoms with van der Waals surface area (Å²) in [5.41, 5.74) is 7.22. The van der Waals surface area contributed by atoms with Gasteiger partial charge in [-0.05, 0) is 17.7 Å². The molecule has 0 amide bonds. The van der Waals surface area contributed by atoms with E-state index in [0.717, 1.165) is 10.0 Å². The lowest BCUT2D eigenvalue weighted by Gasteiger charge is -2.02. The standard InChI is InChI=1S/C9H6BrN3/c10-8-3-7(5-12)9(13)4-6(8)1-2-11/h3-4H,1,13H2. The van der Waals surface area contributed by atoms with Crippen molar-refractivity contribution in [1.82, 2.24) is 0 Å². The molecule has 0 fully saturated rings. The number of nitrogens with two attached hydrogens (primary N) is 1. The average Bonchev–Trinajstić information content (AvgIpc) is 2.11. The highest BCUT2D eigenvalue weighted by molar-refractivity contribution is 9.10. The van der Waals surface area contributed by atoms with Gasteiger partial charge in [-0.1, -0.05) is 15.9 Å². The van der Waals surface area contributed by atoms with Gasteiger partial charge in [0.05, 0.1) is 18.1 Å². The smallest absolute Gasteiger partial charge is 0.101 e. The van der Waals surface area contributed by atoms with Crippen LogP contribution in [0.3, 0.4) is 0 Å². The Morgan fingerprint density at radius 1 is 1.38 bits per heavy atom. The number of nitrogen functional groups attached to an aromatic ring is 1. The molecule has 0 aliphatic rings. The van der Waals surface area contributed by atoms with Crippen LogP contribution in [-0.4, -0.2) is 0 Å². The molecule has 2 N–H and O–H groups in total. The predicted octanol–water partition coefficient (Wildman–Crippen LogP) is 1.97. The van der Waals surface area contributed by atoms with Gasteiger partial charge >= 0.3 is 0 Å². The van der Waals surface area contributed by atoms with Crippen LogP contribution in [0.1, 0.15) is 11.1 Å². The van der Waals surface area contributed by atoms with Crippen molar-refractivity contribution in [2.24, 2.45) is 0 Å². The fourth-order valence-electron chi connectivity index (χ4n) is 0.955. The maximum absolute atomic E-state index is 8.65. The molecule has 0 heterocycles. The van der Waals surface area contributed by atoms with Gasteiger partial charge in [-0.25, -0.2) is 0 Å². The van der Waals surface area contributed by atoms with Gasteiger partial charge in [-0.15, -0.1) is 0 Å². The van der Waals surface area contributed by atoms with E-state index in [1.807, 2.05) is 12.1 Å². The van der Waals surface area contributed by atoms with Gasteiger partial charge in [0.25, 0.3) is 0 Å². The molecule has 0 aromatic heterocycles. The molecule has 64 valence electrons. The average molecular weight is 236 g/mol. The lowest BCUT2D eigenvalue weighted by atomic mass is 10.1. The van der Waals surface area contributed by atoms with Crippen molar-refractivity contribution in [3.05, 3.63) is 27.7 Å². The third-order valence-corrected chi connectivity index (χ3v) is 2.35. The van der Waals surface area contributed by atoms with E-state index in [9.17, 15) is 0 Å². The normalized spacial score (nSPS) is 8.85. The van der Waals surface area contributed by atoms with E-state index in [-0.39, 0.29) is 6.42 Å². The molecule has 0 aliphatic carbocycles. The summed E-state index contributed by atoms with van der Waals surface area (Å²) < 4.78 is 0.750. The summed E-state index contributed by atoms with van der Waals surface area (Å²) in [5, 5.41) is 17.1. The molecule has 1 rings (SSSR count). The molecule has 0 radical (unpaired) electrons. The van der Waals surface area contributed by atoms with Crippen LogP contribution in [0, 0.1) is 22.7 Å². The van der Waals surface area contributed by atoms with Gasteiger partial charge in [0.1, 0.15) is 6.07 Å². The van der Waals surface area contributed by atoms with Crippen molar-refractivity contribution in [1.29, 1.82) is 10.5 Å². The Kier molecular flexibility index (Phi) is 2.89. The second kappa shape index (κ2) is 3.93. The maximum atomic E-state index is 8.65. The van der Waals surface area contributed by atoms with Crippen LogP contribution in [0.15, 0.2) is 16.6 Å². The Morgan fingerprint density at radius 3 is 2.62 bits per heavy atom. The first kappa shape index (κ1) is 9.57. The number of nitrogens with zero attached hydrogens (tertiary/aromatic N) is 2. The molecular weight excluding hydrogens is 230 g/mol. The van der Waals surface area contributed by atoms with E-state index >= 15 is 0 Å². The highest BCUT2D eigenvalue weighted by atomic mass is 79.9. The monoisotopic (exact) mass is 235 g/mol. The Balaban J connectivity index is 3.24. The van der Waals surface area contributed by atoms with Crippen LogP contribution in [0.5, 0.6) is 0 Å². The Labute approximate surface area is 84.5 Å². The van der Waals surface area contributed by atoms with Crippen molar-refractivity contribution in [2.45, 2.75) is 6.42 Å². The topological polar surface area (TPSA) is 73.6 Å². The summed E-state index contributed by atoms with van der Waals surface area (Å²) in [6, 6.07) is 7.26. The third-order valence-electron chi connectivity index (χ3n) is 1.61. The van der Waals surface area contributed by atoms with E-state index in [1.165, 1.54) is 0 Å². The van der Waals surface area contributed by atoms with Gasteiger partial charge in [0.2, 0.25) is 0 Å². The van der Waals surface area contributed by atoms with Crippen molar-refractivity contribution in [3.63, 3.8) is 0 Å². The number of nitriles is 2. The van der Waals surface area contributed by atoms with E-state index < -0.39 is 0 Å². The second-order valence-electron chi connectivity index (χ2n) is 2.48. The Morgan fingerprint density at radius 2 is 2.08 bits per heavy atom. The molecule has 0 atom stereocenters. The van der Waals surface area contributed by atoms with Crippen LogP contribution in [0.4, 0.5) is 5.69 Å². The quantitative estimate of drug-likeness (QED) is 0.757. The molecule has 1 aromatic carbocycles. The summed E-state index contributed by atoms with van der Waals surface area (Å²) in [5.74, 6) is 0. The second-order valence-corrected chi connectivity index (χ2v) is 3.33. The summed E-state index contributed by atoms with van der Waals surface area (Å²) in [7, 11) is 0. The number of halogens is 1. The molecule has 0 bridgehead atoms. The predicted molar refractivity (Wildman–Crippen MR) is 52.6 cm³/mol. The van der Waals surface area contributed by atoms with Gasteiger partial charge in [0, 0.05) is 10.2 Å². The van der Waals surface area contributed by atoms with Crippen molar-refractivity contribution in [3.8, 4) is 12.1 Å². The summed E-state index contributed by atoms with van der Waals surface area (Å²) in [6.45, 7) is 0. The maximum Gasteiger partial charge on any atom is 0.101 e. The zero-order valence-electron chi connectivity index (χ0n) is 6.71. The summed E-state index contributed by atoms with van der Waals surface area (Å²) in [6.07, 6.45) is 0.288. The minimum absolute atomic E-state index is 0.288. The molecule has 0 spiro atoms. The van der Waals surface area contributed by atoms with Crippen LogP contribution < -0.4 is 5.73 Å². The molecule has 13 heavy (non-hydrogen) atoms. The molecule has 0 saturated heterocycles. The zero-order valence-corrected chi connectivity index (χ0v) is 8.30. The number of benzene rings is 1. The number of anilines is 1. The van der Waals surface area contributed by atoms with Crippen LogP contribution in [0.25, 0.3) is 0 Å². The molecule has 0 saturated carbocycles. The number of hydrogen-bond donors (Lipinski definition) is 1. The summed E-state index contributed by atoms with van der Waals surface area (Å²) >= 11 is 3.27. The molecule has 0 unspecified atom stereocenters. The first-order chi connectivity index (χ1) is 6.19. The van der Waals surface area contributed by atoms with Crippen LogP contribution >= 0.6 is 15.9 Å². The molecule has 1 aromatic rings. The van der Waals surface area contributed by atoms with Gasteiger partial charge < -0.3 is 5.73 Å². The number of hydrogen-bond acceptors (Lipinski definition) is 3. The molecule has 3 nitrogen and oxygen atoms in total. The highest BCUT2D eigenvalue weighted by Crippen LogP contribution is 2.23. The van der Waals surface area contributed by atoms with Crippen molar-refractivity contribution in [2.75, 3.05) is 5.73 Å². The first-order valence-corrected chi connectivity index (χ1v) is 4.33. The van der Waals surface area contributed by atoms with E-state index in [0.29, 0.717) is 11.3 Å². The minimum atomic E-state index is 0.288. The van der Waals surface area contributed by atoms with E-state index in [1.54, 1.807) is 12.1 Å². The van der Waals surface area contributed by atoms with Gasteiger partial charge in [0.15, 0.2) is 0 Å². The SMILES string of the molecule is N#CCc1cc(N)c(C#N)cc1Br. The van der Waals surface area contributed by atoms with Gasteiger partial charge in [-0.2, -0.15) is 10.5 Å². The van der Waals surface area contributed by atoms with Crippen molar-refractivity contribution < 1.29 is 0 Å². The van der Waals surface area contributed by atoms with E-state index in [2.05, 4.69) is 15.9 Å². The highest BCUT2D eigenvalue weighted by Gasteiger charge is 2.04. The van der Waals surface area contributed by atoms with Gasteiger partial charge in [-0.3, -0.25) is 0 Å². The minimum Gasteiger partial charge on any atom is -0.398 e. The fraction of sp³-hybridized carbons (Fsp3) is 0.111. The first-order valence-electron chi connectivity index (χ1n) is 3.54. The third kappa shape index (κ3) is 1.99. The van der Waals surface area contributed by atoms with Crippen molar-refractivity contribution >= 4 is 21.6 Å². The fourth-order valence-corrected chi connectivity index (χ4v) is 1.44. The summed E-state index contributed by atoms with van der Waals surface area (Å²) in [4.78, 5) is 0. The lowest BCUT2D eigenvalue weighted by molar-refractivity contribution is 1.24.